The highest BCUT2D eigenvalue weighted by Gasteiger charge is 2.16. The first-order chi connectivity index (χ1) is 12.2. The molecular weight excluding hydrogens is 308 g/mol. The van der Waals surface area contributed by atoms with Crippen LogP contribution >= 0.6 is 0 Å². The molecule has 3 aromatic carbocycles. The number of hydrogen-bond acceptors (Lipinski definition) is 1. The van der Waals surface area contributed by atoms with Gasteiger partial charge in [-0.05, 0) is 19.9 Å². The monoisotopic (exact) mass is 326 g/mol. The third-order valence-corrected chi connectivity index (χ3v) is 4.73. The number of benzene rings is 3. The van der Waals surface area contributed by atoms with E-state index in [2.05, 4.69) is 77.8 Å². The van der Waals surface area contributed by atoms with E-state index in [1.165, 1.54) is 5.52 Å². The number of nitrogens with zero attached hydrogens (tertiary/aromatic N) is 2. The lowest BCUT2D eigenvalue weighted by atomic mass is 10.1. The summed E-state index contributed by atoms with van der Waals surface area (Å²) >= 11 is 0. The number of para-hydroxylation sites is 4. The third-order valence-electron chi connectivity index (χ3n) is 4.73. The van der Waals surface area contributed by atoms with Crippen molar-refractivity contribution in [3.05, 3.63) is 73.1 Å². The lowest BCUT2D eigenvalue weighted by Gasteiger charge is -2.05. The van der Waals surface area contributed by atoms with E-state index >= 15 is 0 Å². The number of rotatable bonds is 2. The maximum absolute atomic E-state index is 6.21. The summed E-state index contributed by atoms with van der Waals surface area (Å²) in [7, 11) is 0. The van der Waals surface area contributed by atoms with Gasteiger partial charge in [0, 0.05) is 10.8 Å². The fraction of sp³-hybridized carbons (Fsp3) is 0.136. The molecule has 0 amide bonds. The van der Waals surface area contributed by atoms with Crippen LogP contribution in [0.25, 0.3) is 38.7 Å². The molecule has 3 nitrogen and oxygen atoms in total. The van der Waals surface area contributed by atoms with Gasteiger partial charge in [-0.15, -0.1) is 0 Å². The molecule has 0 fully saturated rings. The molecule has 0 aliphatic carbocycles. The van der Waals surface area contributed by atoms with Crippen molar-refractivity contribution in [1.82, 2.24) is 4.57 Å². The van der Waals surface area contributed by atoms with Crippen molar-refractivity contribution in [2.75, 3.05) is 0 Å². The van der Waals surface area contributed by atoms with E-state index in [-0.39, 0.29) is 0 Å². The minimum atomic E-state index is 0.334. The van der Waals surface area contributed by atoms with Crippen molar-refractivity contribution in [2.45, 2.75) is 19.9 Å². The molecular formula is C22H18N2O. The molecule has 5 aromatic rings. The zero-order chi connectivity index (χ0) is 17.0. The Morgan fingerprint density at radius 3 is 2.52 bits per heavy atom. The molecule has 3 heteroatoms. The lowest BCUT2D eigenvalue weighted by Crippen LogP contribution is -2.35. The molecule has 0 bridgehead atoms. The Morgan fingerprint density at radius 1 is 0.880 bits per heavy atom. The minimum Gasteiger partial charge on any atom is -0.462 e. The van der Waals surface area contributed by atoms with Crippen LogP contribution in [0.15, 0.2) is 71.1 Å². The average Bonchev–Trinajstić information content (AvgIpc) is 3.20. The van der Waals surface area contributed by atoms with Crippen molar-refractivity contribution in [1.29, 1.82) is 0 Å². The van der Waals surface area contributed by atoms with Crippen LogP contribution in [-0.2, 0) is 0 Å². The van der Waals surface area contributed by atoms with Gasteiger partial charge in [-0.25, -0.2) is 0 Å². The second-order valence-electron chi connectivity index (χ2n) is 6.64. The molecule has 2 aromatic heterocycles. The second-order valence-corrected chi connectivity index (χ2v) is 6.64. The van der Waals surface area contributed by atoms with E-state index in [0.29, 0.717) is 6.04 Å². The average molecular weight is 326 g/mol. The van der Waals surface area contributed by atoms with Crippen molar-refractivity contribution in [2.24, 2.45) is 0 Å². The van der Waals surface area contributed by atoms with E-state index in [0.717, 1.165) is 33.1 Å². The standard InChI is InChI=1S/C22H18N2O/c1-15(2)23-14-24(19-11-5-4-10-18(19)23)20-12-7-9-17-16-8-3-6-13-21(16)25-22(17)20/h3-13,15H,1-2H3. The first kappa shape index (κ1) is 14.3. The van der Waals surface area contributed by atoms with Gasteiger partial charge in [0.2, 0.25) is 6.33 Å². The van der Waals surface area contributed by atoms with Gasteiger partial charge < -0.3 is 13.6 Å². The summed E-state index contributed by atoms with van der Waals surface area (Å²) in [5.74, 6) is 0. The predicted octanol–water partition coefficient (Wildman–Crippen LogP) is 5.20. The number of aromatic nitrogens is 2. The summed E-state index contributed by atoms with van der Waals surface area (Å²) < 4.78 is 10.5. The Labute approximate surface area is 145 Å². The number of imidazole rings is 1. The highest BCUT2D eigenvalue weighted by molar-refractivity contribution is 6.07. The molecule has 5 rings (SSSR count). The van der Waals surface area contributed by atoms with Gasteiger partial charge in [0.05, 0.1) is 22.8 Å². The fourth-order valence-corrected chi connectivity index (χ4v) is 3.56. The van der Waals surface area contributed by atoms with Crippen molar-refractivity contribution in [3.8, 4) is 5.69 Å². The first-order valence-electron chi connectivity index (χ1n) is 8.59. The van der Waals surface area contributed by atoms with Gasteiger partial charge >= 0.3 is 0 Å². The summed E-state index contributed by atoms with van der Waals surface area (Å²) in [5, 5.41) is 2.28. The van der Waals surface area contributed by atoms with E-state index in [1.54, 1.807) is 0 Å². The SMILES string of the molecule is CC(C)[n+]1[c-]n(-c2cccc3c2oc2ccccc23)c2ccccc21. The van der Waals surface area contributed by atoms with Crippen molar-refractivity contribution in [3.63, 3.8) is 0 Å². The number of hydrogen-bond donors (Lipinski definition) is 0. The van der Waals surface area contributed by atoms with Crippen LogP contribution in [0.1, 0.15) is 19.9 Å². The fourth-order valence-electron chi connectivity index (χ4n) is 3.56. The van der Waals surface area contributed by atoms with Gasteiger partial charge in [-0.2, -0.15) is 0 Å². The van der Waals surface area contributed by atoms with Gasteiger partial charge in [0.15, 0.2) is 0 Å². The summed E-state index contributed by atoms with van der Waals surface area (Å²) in [6.45, 7) is 4.35. The molecule has 122 valence electrons. The van der Waals surface area contributed by atoms with E-state index in [9.17, 15) is 0 Å². The maximum Gasteiger partial charge on any atom is 0.244 e. The minimum absolute atomic E-state index is 0.334. The molecule has 0 N–H and O–H groups in total. The van der Waals surface area contributed by atoms with Crippen LogP contribution < -0.4 is 4.57 Å². The smallest absolute Gasteiger partial charge is 0.244 e. The summed E-state index contributed by atoms with van der Waals surface area (Å²) in [6, 6.07) is 23.2. The molecule has 0 unspecified atom stereocenters. The van der Waals surface area contributed by atoms with Crippen molar-refractivity contribution < 1.29 is 8.98 Å². The quantitative estimate of drug-likeness (QED) is 0.323. The number of fused-ring (bicyclic) bond motifs is 4. The Kier molecular flexibility index (Phi) is 2.98. The Balaban J connectivity index is 1.89. The highest BCUT2D eigenvalue weighted by Crippen LogP contribution is 2.33. The Bertz CT molecular complexity index is 1230. The Morgan fingerprint density at radius 2 is 1.64 bits per heavy atom. The summed E-state index contributed by atoms with van der Waals surface area (Å²) in [6.07, 6.45) is 3.52. The van der Waals surface area contributed by atoms with Crippen LogP contribution in [0.2, 0.25) is 0 Å². The van der Waals surface area contributed by atoms with Gasteiger partial charge in [0.1, 0.15) is 11.2 Å². The van der Waals surface area contributed by atoms with Gasteiger partial charge in [-0.3, -0.25) is 0 Å². The molecule has 0 spiro atoms. The Hall–Kier alpha value is -3.07. The van der Waals surface area contributed by atoms with Crippen molar-refractivity contribution >= 4 is 33.0 Å². The molecule has 0 saturated heterocycles. The molecule has 0 radical (unpaired) electrons. The second kappa shape index (κ2) is 5.21. The van der Waals surface area contributed by atoms with Gasteiger partial charge in [-0.1, -0.05) is 60.7 Å². The molecule has 0 aliphatic heterocycles. The zero-order valence-electron chi connectivity index (χ0n) is 14.2. The van der Waals surface area contributed by atoms with Crippen LogP contribution in [0, 0.1) is 6.33 Å². The molecule has 2 heterocycles. The van der Waals surface area contributed by atoms with Crippen LogP contribution in [0.5, 0.6) is 0 Å². The van der Waals surface area contributed by atoms with E-state index in [4.69, 9.17) is 4.42 Å². The summed E-state index contributed by atoms with van der Waals surface area (Å²) in [5.41, 5.74) is 5.13. The highest BCUT2D eigenvalue weighted by atomic mass is 16.3. The first-order valence-corrected chi connectivity index (χ1v) is 8.59. The van der Waals surface area contributed by atoms with E-state index < -0.39 is 0 Å². The molecule has 0 atom stereocenters. The lowest BCUT2D eigenvalue weighted by molar-refractivity contribution is -0.695. The molecule has 0 saturated carbocycles. The van der Waals surface area contributed by atoms with Crippen LogP contribution in [-0.4, -0.2) is 4.57 Å². The largest absolute Gasteiger partial charge is 0.462 e. The van der Waals surface area contributed by atoms with Crippen LogP contribution in [0.4, 0.5) is 0 Å². The zero-order valence-corrected chi connectivity index (χ0v) is 14.2. The molecule has 25 heavy (non-hydrogen) atoms. The van der Waals surface area contributed by atoms with Gasteiger partial charge in [0.25, 0.3) is 0 Å². The van der Waals surface area contributed by atoms with Crippen LogP contribution in [0.3, 0.4) is 0 Å². The maximum atomic E-state index is 6.21. The third kappa shape index (κ3) is 2.02. The van der Waals surface area contributed by atoms with E-state index in [1.807, 2.05) is 18.2 Å². The summed E-state index contributed by atoms with van der Waals surface area (Å²) in [4.78, 5) is 0. The topological polar surface area (TPSA) is 21.9 Å². The molecule has 0 aliphatic rings. The normalized spacial score (nSPS) is 12.0. The predicted molar refractivity (Wildman–Crippen MR) is 100.0 cm³/mol. The number of furan rings is 1.